The van der Waals surface area contributed by atoms with Gasteiger partial charge in [0.05, 0.1) is 11.2 Å². The molecule has 1 N–H and O–H groups in total. The minimum atomic E-state index is -3.25. The third-order valence-corrected chi connectivity index (χ3v) is 15.7. The number of pyridine rings is 1. The first kappa shape index (κ1) is 39.0. The van der Waals surface area contributed by atoms with Crippen LogP contribution in [0.25, 0.3) is 89.1 Å². The van der Waals surface area contributed by atoms with Gasteiger partial charge in [0.25, 0.3) is 0 Å². The molecule has 0 spiro atoms. The Hall–Kier alpha value is -7.88. The van der Waals surface area contributed by atoms with Gasteiger partial charge in [-0.1, -0.05) is 91.0 Å². The molecule has 0 aliphatic rings. The molecule has 0 aliphatic carbocycles. The van der Waals surface area contributed by atoms with Gasteiger partial charge >= 0.3 is 229 Å². The summed E-state index contributed by atoms with van der Waals surface area (Å²) in [5.74, 6) is 0.657. The first-order valence-electron chi connectivity index (χ1n) is 21.6. The Labute approximate surface area is 373 Å². The average Bonchev–Trinajstić information content (AvgIpc) is 3.39. The number of hydrogen-bond donors (Lipinski definition) is 1. The zero-order chi connectivity index (χ0) is 42.9. The molecule has 0 saturated heterocycles. The number of benzene rings is 9. The van der Waals surface area contributed by atoms with Crippen molar-refractivity contribution >= 4 is 45.1 Å². The van der Waals surface area contributed by atoms with Crippen molar-refractivity contribution in [2.45, 2.75) is 0 Å². The Bertz CT molecular complexity index is 3360. The molecule has 5 heteroatoms. The molecular formula is C59H42N3OP. The van der Waals surface area contributed by atoms with Gasteiger partial charge in [0.2, 0.25) is 0 Å². The van der Waals surface area contributed by atoms with Gasteiger partial charge in [0.15, 0.2) is 0 Å². The summed E-state index contributed by atoms with van der Waals surface area (Å²) < 4.78 is 0. The number of nitrogens with zero attached hydrogens (tertiary/aromatic N) is 3. The van der Waals surface area contributed by atoms with Crippen molar-refractivity contribution in [3.63, 3.8) is 0 Å². The van der Waals surface area contributed by atoms with Crippen LogP contribution >= 0.6 is 7.49 Å². The molecule has 64 heavy (non-hydrogen) atoms. The number of aromatic nitrogens is 3. The van der Waals surface area contributed by atoms with Gasteiger partial charge in [-0.05, 0) is 17.2 Å². The van der Waals surface area contributed by atoms with Crippen LogP contribution in [0.5, 0.6) is 0 Å². The second kappa shape index (κ2) is 16.8. The van der Waals surface area contributed by atoms with Crippen LogP contribution in [0.3, 0.4) is 0 Å². The van der Waals surface area contributed by atoms with Gasteiger partial charge in [-0.15, -0.1) is 0 Å². The molecule has 0 amide bonds. The minimum absolute atomic E-state index is 0.657. The van der Waals surface area contributed by atoms with E-state index in [0.717, 1.165) is 88.2 Å². The molecule has 2 heterocycles. The van der Waals surface area contributed by atoms with Crippen molar-refractivity contribution in [2.75, 3.05) is 0 Å². The van der Waals surface area contributed by atoms with Gasteiger partial charge in [0, 0.05) is 21.7 Å². The summed E-state index contributed by atoms with van der Waals surface area (Å²) in [7, 11) is -3.25. The topological polar surface area (TPSA) is 58.9 Å². The van der Waals surface area contributed by atoms with Crippen molar-refractivity contribution < 1.29 is 4.89 Å². The van der Waals surface area contributed by atoms with Crippen molar-refractivity contribution in [3.05, 3.63) is 243 Å². The summed E-state index contributed by atoms with van der Waals surface area (Å²) in [5, 5.41) is 6.29. The summed E-state index contributed by atoms with van der Waals surface area (Å²) in [6.07, 6.45) is 0. The Balaban J connectivity index is 0.928. The van der Waals surface area contributed by atoms with Crippen LogP contribution < -0.4 is 15.9 Å². The van der Waals surface area contributed by atoms with E-state index in [1.165, 1.54) is 10.9 Å². The quantitative estimate of drug-likeness (QED) is 0.116. The standard InChI is InChI=1S/C59H42N3OP/c63-64(48-20-9-3-10-21-48,49-22-11-4-12-23-49)50-38-36-45(37-39-50)56-40-55(61-59(62-56)47-18-7-2-8-19-47)44-34-30-42(31-35-44)41-28-32-43(33-29-41)51-25-15-26-53-57(51)52-24-13-14-27-54(52)60-58(53)46-16-5-1-6-17-46/h1-40,63-64H. The van der Waals surface area contributed by atoms with Crippen LogP contribution in [-0.4, -0.2) is 19.8 Å². The van der Waals surface area contributed by atoms with E-state index >= 15 is 0 Å². The molecule has 0 unspecified atom stereocenters. The molecular weight excluding hydrogens is 798 g/mol. The van der Waals surface area contributed by atoms with E-state index in [0.29, 0.717) is 5.82 Å². The first-order chi connectivity index (χ1) is 31.6. The SMILES string of the molecule is O[PH](c1ccccc1)(c1ccccc1)c1ccc(-c2cc(-c3ccc(-c4ccc(-c5cccc6c(-c7ccccc7)nc7ccccc7c56)cc4)cc3)nc(-c3ccccc3)n2)cc1. The molecule has 0 aliphatic heterocycles. The maximum atomic E-state index is 12.6. The molecule has 0 radical (unpaired) electrons. The van der Waals surface area contributed by atoms with Crippen molar-refractivity contribution in [1.29, 1.82) is 0 Å². The number of para-hydroxylation sites is 1. The van der Waals surface area contributed by atoms with Gasteiger partial charge in [-0.3, -0.25) is 0 Å². The van der Waals surface area contributed by atoms with Gasteiger partial charge in [-0.25, -0.2) is 4.98 Å². The van der Waals surface area contributed by atoms with Crippen molar-refractivity contribution in [3.8, 4) is 67.4 Å². The normalized spacial score (nSPS) is 11.8. The first-order valence-corrected chi connectivity index (χ1v) is 23.5. The molecule has 11 rings (SSSR count). The second-order valence-corrected chi connectivity index (χ2v) is 19.2. The Morgan fingerprint density at radius 3 is 1.33 bits per heavy atom. The van der Waals surface area contributed by atoms with Gasteiger partial charge in [0.1, 0.15) is 0 Å². The molecule has 0 saturated carbocycles. The Morgan fingerprint density at radius 1 is 0.312 bits per heavy atom. The third-order valence-electron chi connectivity index (χ3n) is 12.2. The predicted molar refractivity (Wildman–Crippen MR) is 270 cm³/mol. The van der Waals surface area contributed by atoms with E-state index in [1.807, 2.05) is 97.1 Å². The van der Waals surface area contributed by atoms with Gasteiger partial charge < -0.3 is 0 Å². The summed E-state index contributed by atoms with van der Waals surface area (Å²) in [6.45, 7) is 0. The van der Waals surface area contributed by atoms with E-state index in [4.69, 9.17) is 15.0 Å². The fraction of sp³-hybridized carbons (Fsp3) is 0. The van der Waals surface area contributed by atoms with Crippen LogP contribution in [0.2, 0.25) is 0 Å². The molecule has 9 aromatic carbocycles. The molecule has 2 aromatic heterocycles. The Kier molecular flexibility index (Phi) is 10.2. The number of rotatable bonds is 9. The third kappa shape index (κ3) is 7.25. The summed E-state index contributed by atoms with van der Waals surface area (Å²) >= 11 is 0. The zero-order valence-electron chi connectivity index (χ0n) is 34.9. The van der Waals surface area contributed by atoms with E-state index in [9.17, 15) is 4.89 Å². The molecule has 0 fully saturated rings. The van der Waals surface area contributed by atoms with Crippen LogP contribution in [0.1, 0.15) is 0 Å². The van der Waals surface area contributed by atoms with E-state index in [-0.39, 0.29) is 0 Å². The Morgan fingerprint density at radius 2 is 0.750 bits per heavy atom. The predicted octanol–water partition coefficient (Wildman–Crippen LogP) is 13.1. The maximum absolute atomic E-state index is 12.6. The van der Waals surface area contributed by atoms with E-state index in [2.05, 4.69) is 146 Å². The van der Waals surface area contributed by atoms with Gasteiger partial charge in [-0.2, -0.15) is 0 Å². The number of fused-ring (bicyclic) bond motifs is 3. The fourth-order valence-corrected chi connectivity index (χ4v) is 11.9. The van der Waals surface area contributed by atoms with Crippen LogP contribution in [0, 0.1) is 0 Å². The monoisotopic (exact) mass is 839 g/mol. The molecule has 4 nitrogen and oxygen atoms in total. The van der Waals surface area contributed by atoms with Crippen LogP contribution in [-0.2, 0) is 0 Å². The van der Waals surface area contributed by atoms with Crippen molar-refractivity contribution in [1.82, 2.24) is 15.0 Å². The second-order valence-electron chi connectivity index (χ2n) is 16.1. The molecule has 11 aromatic rings. The van der Waals surface area contributed by atoms with Crippen LogP contribution in [0.4, 0.5) is 0 Å². The fourth-order valence-electron chi connectivity index (χ4n) is 8.94. The van der Waals surface area contributed by atoms with E-state index < -0.39 is 7.49 Å². The summed E-state index contributed by atoms with van der Waals surface area (Å²) in [6, 6.07) is 83.5. The summed E-state index contributed by atoms with van der Waals surface area (Å²) in [4.78, 5) is 27.9. The summed E-state index contributed by atoms with van der Waals surface area (Å²) in [5.41, 5.74) is 12.2. The molecule has 0 atom stereocenters. The average molecular weight is 840 g/mol. The molecule has 304 valence electrons. The zero-order valence-corrected chi connectivity index (χ0v) is 35.9. The van der Waals surface area contributed by atoms with Crippen LogP contribution in [0.15, 0.2) is 243 Å². The molecule has 0 bridgehead atoms. The van der Waals surface area contributed by atoms with Crippen molar-refractivity contribution in [2.24, 2.45) is 0 Å². The van der Waals surface area contributed by atoms with E-state index in [1.54, 1.807) is 0 Å². The number of hydrogen-bond acceptors (Lipinski definition) is 4.